The van der Waals surface area contributed by atoms with Crippen molar-refractivity contribution in [1.82, 2.24) is 25.7 Å². The van der Waals surface area contributed by atoms with Crippen LogP contribution in [-0.4, -0.2) is 40.2 Å². The average Bonchev–Trinajstić information content (AvgIpc) is 2.96. The van der Waals surface area contributed by atoms with E-state index in [-0.39, 0.29) is 23.4 Å². The molecular weight excluding hydrogens is 344 g/mol. The van der Waals surface area contributed by atoms with Crippen LogP contribution in [0.15, 0.2) is 6.07 Å². The maximum absolute atomic E-state index is 12.0. The van der Waals surface area contributed by atoms with Crippen molar-refractivity contribution in [3.63, 3.8) is 0 Å². The number of hydrogen-bond acceptors (Lipinski definition) is 4. The number of amides is 3. The first-order valence-electron chi connectivity index (χ1n) is 8.51. The van der Waals surface area contributed by atoms with Gasteiger partial charge >= 0.3 is 6.03 Å². The molecule has 0 bridgehead atoms. The number of aromatic nitrogens is 2. The predicted octanol–water partition coefficient (Wildman–Crippen LogP) is 1.89. The Labute approximate surface area is 153 Å². The van der Waals surface area contributed by atoms with Crippen LogP contribution in [0.4, 0.5) is 10.6 Å². The third kappa shape index (κ3) is 5.09. The zero-order valence-electron chi connectivity index (χ0n) is 15.1. The molecule has 0 aliphatic carbocycles. The molecule has 0 radical (unpaired) electrons. The van der Waals surface area contributed by atoms with Gasteiger partial charge in [-0.05, 0) is 6.42 Å². The van der Waals surface area contributed by atoms with Crippen LogP contribution in [0, 0.1) is 0 Å². The Morgan fingerprint density at radius 1 is 1.48 bits per heavy atom. The van der Waals surface area contributed by atoms with E-state index in [9.17, 15) is 9.59 Å². The van der Waals surface area contributed by atoms with Crippen LogP contribution in [0.25, 0.3) is 0 Å². The van der Waals surface area contributed by atoms with Gasteiger partial charge in [-0.1, -0.05) is 27.7 Å². The van der Waals surface area contributed by atoms with E-state index in [1.807, 2.05) is 33.8 Å². The Morgan fingerprint density at radius 2 is 2.20 bits per heavy atom. The Kier molecular flexibility index (Phi) is 6.29. The highest BCUT2D eigenvalue weighted by atomic mass is 35.5. The van der Waals surface area contributed by atoms with Gasteiger partial charge < -0.3 is 10.6 Å². The summed E-state index contributed by atoms with van der Waals surface area (Å²) in [5.74, 6) is 0.797. The largest absolute Gasteiger partial charge is 0.337 e. The molecule has 3 amide bonds. The molecule has 9 heteroatoms. The highest BCUT2D eigenvalue weighted by Gasteiger charge is 2.30. The van der Waals surface area contributed by atoms with Crippen molar-refractivity contribution in [2.45, 2.75) is 58.3 Å². The third-order valence-electron chi connectivity index (χ3n) is 3.99. The fourth-order valence-electron chi connectivity index (χ4n) is 2.53. The van der Waals surface area contributed by atoms with Gasteiger partial charge in [-0.2, -0.15) is 5.10 Å². The van der Waals surface area contributed by atoms with Crippen molar-refractivity contribution in [3.05, 3.63) is 11.8 Å². The van der Waals surface area contributed by atoms with Gasteiger partial charge in [0.2, 0.25) is 5.91 Å². The minimum Gasteiger partial charge on any atom is -0.337 e. The summed E-state index contributed by atoms with van der Waals surface area (Å²) < 4.78 is 1.61. The first kappa shape index (κ1) is 19.5. The number of hydrogen-bond donors (Lipinski definition) is 4. The van der Waals surface area contributed by atoms with Crippen molar-refractivity contribution in [1.29, 1.82) is 0 Å². The molecule has 0 saturated carbocycles. The summed E-state index contributed by atoms with van der Waals surface area (Å²) in [7, 11) is 0. The van der Waals surface area contributed by atoms with Gasteiger partial charge in [-0.3, -0.25) is 15.4 Å². The van der Waals surface area contributed by atoms with Crippen molar-refractivity contribution < 1.29 is 9.59 Å². The lowest BCUT2D eigenvalue weighted by molar-refractivity contribution is -0.125. The number of carbonyl (C=O) groups is 2. The molecule has 8 nitrogen and oxygen atoms in total. The number of rotatable bonds is 5. The standard InChI is InChI=1S/C16H27ClN6O2/c1-5-10-8-13(24)21-14(19-10)23-12(20-15(25)18-7-6-17)9-11(22-23)16(2,3)4/h9-10,14,19H,5-8H2,1-4H3,(H,21,24)(H2,18,20,25). The van der Waals surface area contributed by atoms with Crippen molar-refractivity contribution in [3.8, 4) is 0 Å². The first-order valence-corrected chi connectivity index (χ1v) is 9.04. The molecule has 1 aromatic heterocycles. The number of halogens is 1. The van der Waals surface area contributed by atoms with Crippen LogP contribution in [0.3, 0.4) is 0 Å². The van der Waals surface area contributed by atoms with Gasteiger partial charge in [0.25, 0.3) is 0 Å². The van der Waals surface area contributed by atoms with Crippen LogP contribution in [-0.2, 0) is 10.2 Å². The second-order valence-corrected chi connectivity index (χ2v) is 7.50. The van der Waals surface area contributed by atoms with E-state index in [0.717, 1.165) is 12.1 Å². The second kappa shape index (κ2) is 8.05. The van der Waals surface area contributed by atoms with E-state index in [1.54, 1.807) is 4.68 Å². The summed E-state index contributed by atoms with van der Waals surface area (Å²) >= 11 is 5.60. The van der Waals surface area contributed by atoms with Crippen molar-refractivity contribution >= 4 is 29.4 Å². The fourth-order valence-corrected chi connectivity index (χ4v) is 2.62. The number of anilines is 1. The Hall–Kier alpha value is -1.80. The van der Waals surface area contributed by atoms with Crippen LogP contribution >= 0.6 is 11.6 Å². The maximum Gasteiger partial charge on any atom is 0.320 e. The summed E-state index contributed by atoms with van der Waals surface area (Å²) in [6.07, 6.45) is 0.751. The lowest BCUT2D eigenvalue weighted by Gasteiger charge is -2.32. The quantitative estimate of drug-likeness (QED) is 0.594. The molecule has 4 N–H and O–H groups in total. The molecule has 140 valence electrons. The van der Waals surface area contributed by atoms with Crippen LogP contribution in [0.1, 0.15) is 52.5 Å². The zero-order valence-corrected chi connectivity index (χ0v) is 15.9. The van der Waals surface area contributed by atoms with Gasteiger partial charge in [-0.15, -0.1) is 11.6 Å². The molecule has 0 aromatic carbocycles. The summed E-state index contributed by atoms with van der Waals surface area (Å²) in [6, 6.07) is 1.53. The Morgan fingerprint density at radius 3 is 2.80 bits per heavy atom. The third-order valence-corrected chi connectivity index (χ3v) is 4.18. The average molecular weight is 371 g/mol. The highest BCUT2D eigenvalue weighted by Crippen LogP contribution is 2.26. The molecule has 1 fully saturated rings. The first-order chi connectivity index (χ1) is 11.7. The molecule has 25 heavy (non-hydrogen) atoms. The van der Waals surface area contributed by atoms with Crippen LogP contribution in [0.5, 0.6) is 0 Å². The predicted molar refractivity (Wildman–Crippen MR) is 97.7 cm³/mol. The summed E-state index contributed by atoms with van der Waals surface area (Å²) in [5.41, 5.74) is 0.617. The van der Waals surface area contributed by atoms with Crippen LogP contribution < -0.4 is 21.3 Å². The maximum atomic E-state index is 12.0. The summed E-state index contributed by atoms with van der Waals surface area (Å²) in [6.45, 7) is 8.51. The van der Waals surface area contributed by atoms with Crippen molar-refractivity contribution in [2.24, 2.45) is 0 Å². The number of carbonyl (C=O) groups excluding carboxylic acids is 2. The zero-order chi connectivity index (χ0) is 18.6. The van der Waals surface area contributed by atoms with Gasteiger partial charge in [0.1, 0.15) is 5.82 Å². The van der Waals surface area contributed by atoms with E-state index in [4.69, 9.17) is 11.6 Å². The molecule has 2 atom stereocenters. The smallest absolute Gasteiger partial charge is 0.320 e. The van der Waals surface area contributed by atoms with E-state index < -0.39 is 6.29 Å². The van der Waals surface area contributed by atoms with Crippen molar-refractivity contribution in [2.75, 3.05) is 17.7 Å². The van der Waals surface area contributed by atoms with E-state index >= 15 is 0 Å². The summed E-state index contributed by atoms with van der Waals surface area (Å²) in [4.78, 5) is 24.0. The molecule has 1 aromatic rings. The molecule has 0 spiro atoms. The number of alkyl halides is 1. The minimum atomic E-state index is -0.509. The topological polar surface area (TPSA) is 100 Å². The monoisotopic (exact) mass is 370 g/mol. The normalized spacial score (nSPS) is 20.9. The molecule has 2 rings (SSSR count). The molecule has 1 aliphatic heterocycles. The lowest BCUT2D eigenvalue weighted by Crippen LogP contribution is -2.53. The van der Waals surface area contributed by atoms with Gasteiger partial charge in [0.05, 0.1) is 5.69 Å². The van der Waals surface area contributed by atoms with Crippen LogP contribution in [0.2, 0.25) is 0 Å². The number of nitrogens with zero attached hydrogens (tertiary/aromatic N) is 2. The molecular formula is C16H27ClN6O2. The fraction of sp³-hybridized carbons (Fsp3) is 0.688. The lowest BCUT2D eigenvalue weighted by atomic mass is 9.92. The SMILES string of the molecule is CCC1CC(=O)NC(n2nc(C(C)(C)C)cc2NC(=O)NCCCl)N1. The van der Waals surface area contributed by atoms with Gasteiger partial charge in [0, 0.05) is 36.4 Å². The molecule has 1 aliphatic rings. The highest BCUT2D eigenvalue weighted by molar-refractivity contribution is 6.18. The Balaban J connectivity index is 2.29. The van der Waals surface area contributed by atoms with E-state index in [0.29, 0.717) is 24.7 Å². The molecule has 1 saturated heterocycles. The second-order valence-electron chi connectivity index (χ2n) is 7.13. The minimum absolute atomic E-state index is 0.0408. The van der Waals surface area contributed by atoms with E-state index in [1.165, 1.54) is 0 Å². The molecule has 2 unspecified atom stereocenters. The number of urea groups is 1. The Bertz CT molecular complexity index is 625. The number of nitrogens with one attached hydrogen (secondary N) is 4. The van der Waals surface area contributed by atoms with E-state index in [2.05, 4.69) is 26.4 Å². The molecule has 2 heterocycles. The van der Waals surface area contributed by atoms with Gasteiger partial charge in [-0.25, -0.2) is 9.48 Å². The van der Waals surface area contributed by atoms with Gasteiger partial charge in [0.15, 0.2) is 6.29 Å². The summed E-state index contributed by atoms with van der Waals surface area (Å²) in [5, 5.41) is 16.3.